The summed E-state index contributed by atoms with van der Waals surface area (Å²) in [6.45, 7) is 5.87. The van der Waals surface area contributed by atoms with Crippen molar-refractivity contribution in [3.63, 3.8) is 0 Å². The maximum Gasteiger partial charge on any atom is 0.249 e. The fourth-order valence-electron chi connectivity index (χ4n) is 5.40. The molecule has 2 aliphatic rings. The Hall–Kier alpha value is -2.94. The number of rotatable bonds is 7. The zero-order valence-electron chi connectivity index (χ0n) is 20.1. The van der Waals surface area contributed by atoms with E-state index in [1.54, 1.807) is 20.2 Å². The lowest BCUT2D eigenvalue weighted by Crippen LogP contribution is -2.48. The Morgan fingerprint density at radius 1 is 1.24 bits per heavy atom. The number of aromatic nitrogens is 2. The van der Waals surface area contributed by atoms with E-state index in [0.29, 0.717) is 18.5 Å². The van der Waals surface area contributed by atoms with Crippen LogP contribution in [-0.4, -0.2) is 53.7 Å². The second-order valence-corrected chi connectivity index (χ2v) is 9.79. The van der Waals surface area contributed by atoms with Gasteiger partial charge in [-0.15, -0.1) is 5.10 Å². The summed E-state index contributed by atoms with van der Waals surface area (Å²) in [7, 11) is 3.25. The van der Waals surface area contributed by atoms with E-state index in [1.807, 2.05) is 6.92 Å². The van der Waals surface area contributed by atoms with Gasteiger partial charge in [0.25, 0.3) is 0 Å². The number of likely N-dealkylation sites (N-methyl/N-ethyl adjacent to an activating group) is 1. The van der Waals surface area contributed by atoms with Gasteiger partial charge in [-0.25, -0.2) is 8.78 Å². The lowest BCUT2D eigenvalue weighted by Gasteiger charge is -2.40. The number of halogens is 2. The summed E-state index contributed by atoms with van der Waals surface area (Å²) in [5.74, 6) is -1.93. The van der Waals surface area contributed by atoms with E-state index >= 15 is 0 Å². The number of nitrogens with one attached hydrogen (secondary N) is 1. The van der Waals surface area contributed by atoms with Crippen LogP contribution in [0.15, 0.2) is 24.3 Å². The predicted octanol–water partition coefficient (Wildman–Crippen LogP) is 3.53. The van der Waals surface area contributed by atoms with Gasteiger partial charge in [-0.1, -0.05) is 26.8 Å². The van der Waals surface area contributed by atoms with Gasteiger partial charge < -0.3 is 15.0 Å². The van der Waals surface area contributed by atoms with Gasteiger partial charge >= 0.3 is 0 Å². The molecule has 2 aliphatic carbocycles. The van der Waals surface area contributed by atoms with E-state index in [1.165, 1.54) is 23.1 Å². The van der Waals surface area contributed by atoms with Gasteiger partial charge in [0.1, 0.15) is 23.3 Å². The number of benzene rings is 1. The molecule has 0 aliphatic heterocycles. The predicted molar refractivity (Wildman–Crippen MR) is 122 cm³/mol. The first-order valence-corrected chi connectivity index (χ1v) is 11.5. The molecule has 0 radical (unpaired) electrons. The molecule has 1 unspecified atom stereocenters. The molecule has 2 bridgehead atoms. The van der Waals surface area contributed by atoms with E-state index in [0.717, 1.165) is 12.0 Å². The number of fused-ring (bicyclic) bond motifs is 5. The fourth-order valence-corrected chi connectivity index (χ4v) is 5.40. The SMILES string of the molecule is CCC(O[C@@]12CC[C@@H](c3cc(-c4c(F)cccc4F)nnc31)C2(C)C)C(=O)NCC(=O)N(C)C. The molecule has 3 atom stereocenters. The van der Waals surface area contributed by atoms with Crippen LogP contribution in [0.4, 0.5) is 8.78 Å². The average molecular weight is 473 g/mol. The minimum absolute atomic E-state index is 0.0440. The van der Waals surface area contributed by atoms with Gasteiger partial charge in [-0.3, -0.25) is 9.59 Å². The highest BCUT2D eigenvalue weighted by Crippen LogP contribution is 2.68. The van der Waals surface area contributed by atoms with E-state index in [4.69, 9.17) is 4.74 Å². The Bertz CT molecular complexity index is 1120. The van der Waals surface area contributed by atoms with Gasteiger partial charge in [0.15, 0.2) is 0 Å². The molecule has 2 amide bonds. The van der Waals surface area contributed by atoms with Crippen molar-refractivity contribution in [2.24, 2.45) is 5.41 Å². The highest BCUT2D eigenvalue weighted by atomic mass is 19.1. The van der Waals surface area contributed by atoms with Gasteiger partial charge in [0, 0.05) is 19.5 Å². The second-order valence-electron chi connectivity index (χ2n) is 9.79. The van der Waals surface area contributed by atoms with E-state index in [-0.39, 0.29) is 35.5 Å². The van der Waals surface area contributed by atoms with Crippen LogP contribution in [0, 0.1) is 17.0 Å². The van der Waals surface area contributed by atoms with E-state index < -0.39 is 28.8 Å². The Morgan fingerprint density at radius 3 is 2.53 bits per heavy atom. The molecule has 1 N–H and O–H groups in total. The van der Waals surface area contributed by atoms with Gasteiger partial charge in [-0.05, 0) is 48.9 Å². The summed E-state index contributed by atoms with van der Waals surface area (Å²) in [6, 6.07) is 5.40. The summed E-state index contributed by atoms with van der Waals surface area (Å²) < 4.78 is 35.3. The molecular weight excluding hydrogens is 442 g/mol. The van der Waals surface area contributed by atoms with Gasteiger partial charge in [0.2, 0.25) is 11.8 Å². The quantitative estimate of drug-likeness (QED) is 0.667. The van der Waals surface area contributed by atoms with Crippen LogP contribution >= 0.6 is 0 Å². The second kappa shape index (κ2) is 8.69. The van der Waals surface area contributed by atoms with Crippen LogP contribution in [0.3, 0.4) is 0 Å². The number of nitrogens with zero attached hydrogens (tertiary/aromatic N) is 3. The smallest absolute Gasteiger partial charge is 0.249 e. The van der Waals surface area contributed by atoms with Crippen molar-refractivity contribution < 1.29 is 23.1 Å². The summed E-state index contributed by atoms with van der Waals surface area (Å²) in [5.41, 5.74) is 0.121. The Morgan fingerprint density at radius 2 is 1.91 bits per heavy atom. The van der Waals surface area contributed by atoms with Crippen LogP contribution < -0.4 is 5.32 Å². The molecule has 182 valence electrons. The topological polar surface area (TPSA) is 84.4 Å². The van der Waals surface area contributed by atoms with Crippen molar-refractivity contribution in [1.82, 2.24) is 20.4 Å². The van der Waals surface area contributed by atoms with Crippen LogP contribution in [0.2, 0.25) is 0 Å². The molecule has 2 aromatic rings. The molecule has 1 aromatic carbocycles. The minimum atomic E-state index is -0.865. The van der Waals surface area contributed by atoms with Crippen molar-refractivity contribution in [2.75, 3.05) is 20.6 Å². The van der Waals surface area contributed by atoms with Crippen LogP contribution in [-0.2, 0) is 19.9 Å². The number of ether oxygens (including phenoxy) is 1. The van der Waals surface area contributed by atoms with Crippen molar-refractivity contribution in [1.29, 1.82) is 0 Å². The van der Waals surface area contributed by atoms with E-state index in [9.17, 15) is 18.4 Å². The maximum absolute atomic E-state index is 14.4. The summed E-state index contributed by atoms with van der Waals surface area (Å²) in [4.78, 5) is 26.2. The monoisotopic (exact) mass is 472 g/mol. The van der Waals surface area contributed by atoms with Crippen molar-refractivity contribution >= 4 is 11.8 Å². The summed E-state index contributed by atoms with van der Waals surface area (Å²) >= 11 is 0. The molecule has 34 heavy (non-hydrogen) atoms. The highest BCUT2D eigenvalue weighted by molar-refractivity contribution is 5.86. The number of amides is 2. The average Bonchev–Trinajstić information content (AvgIpc) is 3.15. The zero-order chi connectivity index (χ0) is 24.8. The lowest BCUT2D eigenvalue weighted by molar-refractivity contribution is -0.168. The number of hydrogen-bond donors (Lipinski definition) is 1. The first kappa shape index (κ1) is 24.2. The Kier molecular flexibility index (Phi) is 6.18. The first-order valence-electron chi connectivity index (χ1n) is 11.5. The van der Waals surface area contributed by atoms with Crippen molar-refractivity contribution in [2.45, 2.75) is 57.7 Å². The number of carbonyl (C=O) groups is 2. The first-order chi connectivity index (χ1) is 16.0. The molecule has 1 aromatic heterocycles. The third-order valence-electron chi connectivity index (χ3n) is 7.42. The lowest BCUT2D eigenvalue weighted by atomic mass is 9.77. The van der Waals surface area contributed by atoms with Gasteiger partial charge in [0.05, 0.1) is 23.5 Å². The largest absolute Gasteiger partial charge is 0.355 e. The van der Waals surface area contributed by atoms with Crippen LogP contribution in [0.1, 0.15) is 57.2 Å². The number of hydrogen-bond acceptors (Lipinski definition) is 5. The van der Waals surface area contributed by atoms with Crippen molar-refractivity contribution in [3.05, 3.63) is 47.2 Å². The molecule has 4 rings (SSSR count). The van der Waals surface area contributed by atoms with Crippen molar-refractivity contribution in [3.8, 4) is 11.3 Å². The molecule has 1 fully saturated rings. The highest BCUT2D eigenvalue weighted by Gasteiger charge is 2.65. The standard InChI is InChI=1S/C25H30F2N4O3/c1-6-19(23(33)28-13-20(32)31(4)5)34-25-11-10-15(24(25,2)3)14-12-18(29-30-22(14)25)21-16(26)8-7-9-17(21)27/h7-9,12,15,19H,6,10-11,13H2,1-5H3,(H,28,33)/t15-,19?,25-/m0/s1. The third kappa shape index (κ3) is 3.66. The van der Waals surface area contributed by atoms with Crippen LogP contribution in [0.25, 0.3) is 11.3 Å². The van der Waals surface area contributed by atoms with Crippen LogP contribution in [0.5, 0.6) is 0 Å². The fraction of sp³-hybridized carbons (Fsp3) is 0.520. The Labute approximate surface area is 197 Å². The molecule has 1 heterocycles. The summed E-state index contributed by atoms with van der Waals surface area (Å²) in [6.07, 6.45) is 1.07. The van der Waals surface area contributed by atoms with Gasteiger partial charge in [-0.2, -0.15) is 5.10 Å². The molecule has 0 saturated heterocycles. The number of carbonyl (C=O) groups excluding carboxylic acids is 2. The normalized spacial score (nSPS) is 22.9. The third-order valence-corrected chi connectivity index (χ3v) is 7.42. The maximum atomic E-state index is 14.4. The molecule has 9 heteroatoms. The molecule has 7 nitrogen and oxygen atoms in total. The minimum Gasteiger partial charge on any atom is -0.355 e. The molecule has 0 spiro atoms. The molecule has 1 saturated carbocycles. The Balaban J connectivity index is 1.67. The summed E-state index contributed by atoms with van der Waals surface area (Å²) in [5, 5.41) is 11.2. The zero-order valence-corrected chi connectivity index (χ0v) is 20.1. The van der Waals surface area contributed by atoms with E-state index in [2.05, 4.69) is 29.4 Å². The molecular formula is C25H30F2N4O3.